The minimum absolute atomic E-state index is 0.379. The summed E-state index contributed by atoms with van der Waals surface area (Å²) in [5.41, 5.74) is 3.85. The SMILES string of the molecule is CC1(N2CCC2)CC=C(c2ccc(C=O)cc2)CC1. The van der Waals surface area contributed by atoms with Crippen LogP contribution in [0.25, 0.3) is 5.57 Å². The van der Waals surface area contributed by atoms with E-state index in [0.29, 0.717) is 5.54 Å². The van der Waals surface area contributed by atoms with Crippen LogP contribution in [0.2, 0.25) is 0 Å². The Hall–Kier alpha value is -1.41. The van der Waals surface area contributed by atoms with Crippen molar-refractivity contribution in [3.63, 3.8) is 0 Å². The number of hydrogen-bond acceptors (Lipinski definition) is 2. The molecule has 2 heteroatoms. The molecule has 2 aliphatic rings. The number of benzene rings is 1. The van der Waals surface area contributed by atoms with E-state index in [0.717, 1.165) is 24.7 Å². The molecule has 1 atom stereocenters. The number of rotatable bonds is 3. The van der Waals surface area contributed by atoms with Gasteiger partial charge in [0.25, 0.3) is 0 Å². The van der Waals surface area contributed by atoms with Gasteiger partial charge in [0, 0.05) is 11.1 Å². The first-order valence-electron chi connectivity index (χ1n) is 7.21. The van der Waals surface area contributed by atoms with Crippen molar-refractivity contribution in [3.8, 4) is 0 Å². The summed E-state index contributed by atoms with van der Waals surface area (Å²) in [5.74, 6) is 0. The zero-order chi connectivity index (χ0) is 13.3. The number of aldehydes is 1. The third-order valence-electron chi connectivity index (χ3n) is 4.76. The minimum Gasteiger partial charge on any atom is -0.298 e. The molecule has 1 aromatic rings. The number of allylic oxidation sites excluding steroid dienone is 1. The van der Waals surface area contributed by atoms with Crippen LogP contribution in [0.1, 0.15) is 48.5 Å². The van der Waals surface area contributed by atoms with E-state index >= 15 is 0 Å². The van der Waals surface area contributed by atoms with Crippen molar-refractivity contribution in [1.29, 1.82) is 0 Å². The average molecular weight is 255 g/mol. The maximum Gasteiger partial charge on any atom is 0.150 e. The summed E-state index contributed by atoms with van der Waals surface area (Å²) in [7, 11) is 0. The molecule has 2 nitrogen and oxygen atoms in total. The van der Waals surface area contributed by atoms with Gasteiger partial charge in [0.15, 0.2) is 0 Å². The lowest BCUT2D eigenvalue weighted by molar-refractivity contribution is 0.0361. The molecule has 19 heavy (non-hydrogen) atoms. The van der Waals surface area contributed by atoms with Crippen molar-refractivity contribution in [2.24, 2.45) is 0 Å². The van der Waals surface area contributed by atoms with Crippen LogP contribution >= 0.6 is 0 Å². The van der Waals surface area contributed by atoms with Crippen LogP contribution in [0.4, 0.5) is 0 Å². The molecule has 1 fully saturated rings. The second-order valence-corrected chi connectivity index (χ2v) is 6.01. The Kier molecular flexibility index (Phi) is 3.28. The molecule has 0 N–H and O–H groups in total. The van der Waals surface area contributed by atoms with Gasteiger partial charge in [-0.3, -0.25) is 9.69 Å². The van der Waals surface area contributed by atoms with Crippen LogP contribution in [0.3, 0.4) is 0 Å². The predicted molar refractivity (Wildman–Crippen MR) is 78.3 cm³/mol. The third-order valence-corrected chi connectivity index (χ3v) is 4.76. The van der Waals surface area contributed by atoms with Crippen LogP contribution < -0.4 is 0 Å². The van der Waals surface area contributed by atoms with Gasteiger partial charge >= 0.3 is 0 Å². The molecule has 1 saturated heterocycles. The van der Waals surface area contributed by atoms with E-state index in [-0.39, 0.29) is 0 Å². The van der Waals surface area contributed by atoms with Gasteiger partial charge in [-0.15, -0.1) is 0 Å². The molecule has 0 radical (unpaired) electrons. The second-order valence-electron chi connectivity index (χ2n) is 6.01. The molecule has 0 aromatic heterocycles. The maximum atomic E-state index is 10.7. The molecule has 0 amide bonds. The van der Waals surface area contributed by atoms with Crippen LogP contribution in [0.15, 0.2) is 30.3 Å². The zero-order valence-electron chi connectivity index (χ0n) is 11.6. The summed E-state index contributed by atoms with van der Waals surface area (Å²) in [5, 5.41) is 0. The summed E-state index contributed by atoms with van der Waals surface area (Å²) in [6.45, 7) is 4.94. The molecule has 1 heterocycles. The van der Waals surface area contributed by atoms with E-state index in [9.17, 15) is 4.79 Å². The Bertz CT molecular complexity index is 498. The van der Waals surface area contributed by atoms with E-state index in [1.165, 1.54) is 37.1 Å². The van der Waals surface area contributed by atoms with Gasteiger partial charge in [0.05, 0.1) is 0 Å². The van der Waals surface area contributed by atoms with Crippen molar-refractivity contribution >= 4 is 11.9 Å². The highest BCUT2D eigenvalue weighted by Gasteiger charge is 2.36. The molecule has 0 bridgehead atoms. The summed E-state index contributed by atoms with van der Waals surface area (Å²) in [6, 6.07) is 7.96. The lowest BCUT2D eigenvalue weighted by atomic mass is 9.79. The summed E-state index contributed by atoms with van der Waals surface area (Å²) < 4.78 is 0. The fourth-order valence-corrected chi connectivity index (χ4v) is 3.13. The van der Waals surface area contributed by atoms with Crippen molar-refractivity contribution in [2.45, 2.75) is 38.1 Å². The number of hydrogen-bond donors (Lipinski definition) is 0. The Labute approximate surface area is 115 Å². The number of nitrogens with zero attached hydrogens (tertiary/aromatic N) is 1. The van der Waals surface area contributed by atoms with Gasteiger partial charge in [-0.2, -0.15) is 0 Å². The Morgan fingerprint density at radius 3 is 2.42 bits per heavy atom. The number of likely N-dealkylation sites (tertiary alicyclic amines) is 1. The largest absolute Gasteiger partial charge is 0.298 e. The zero-order valence-corrected chi connectivity index (χ0v) is 11.6. The first-order chi connectivity index (χ1) is 9.21. The fraction of sp³-hybridized carbons (Fsp3) is 0.471. The van der Waals surface area contributed by atoms with E-state index < -0.39 is 0 Å². The number of carbonyl (C=O) groups is 1. The van der Waals surface area contributed by atoms with Crippen molar-refractivity contribution in [2.75, 3.05) is 13.1 Å². The molecule has 3 rings (SSSR count). The molecule has 1 aliphatic heterocycles. The first-order valence-corrected chi connectivity index (χ1v) is 7.21. The molecule has 0 saturated carbocycles. The fourth-order valence-electron chi connectivity index (χ4n) is 3.13. The van der Waals surface area contributed by atoms with Gasteiger partial charge in [-0.25, -0.2) is 0 Å². The quantitative estimate of drug-likeness (QED) is 0.770. The molecular formula is C17H21NO. The molecule has 0 spiro atoms. The molecule has 100 valence electrons. The second kappa shape index (κ2) is 4.93. The van der Waals surface area contributed by atoms with Crippen LogP contribution in [-0.4, -0.2) is 29.8 Å². The third kappa shape index (κ3) is 2.37. The lowest BCUT2D eigenvalue weighted by Gasteiger charge is -2.48. The standard InChI is InChI=1S/C17H21NO/c1-17(18-11-2-12-18)9-7-16(8-10-17)15-5-3-14(13-19)4-6-15/h3-7,13H,2,8-12H2,1H3. The van der Waals surface area contributed by atoms with Gasteiger partial charge in [0.1, 0.15) is 6.29 Å². The molecular weight excluding hydrogens is 234 g/mol. The Balaban J connectivity index is 1.74. The summed E-state index contributed by atoms with van der Waals surface area (Å²) >= 11 is 0. The molecule has 1 aliphatic carbocycles. The molecule has 1 unspecified atom stereocenters. The first kappa shape index (κ1) is 12.6. The maximum absolute atomic E-state index is 10.7. The predicted octanol–water partition coefficient (Wildman–Crippen LogP) is 3.53. The lowest BCUT2D eigenvalue weighted by Crippen LogP contribution is -2.53. The molecule has 1 aromatic carbocycles. The normalized spacial score (nSPS) is 27.5. The highest BCUT2D eigenvalue weighted by atomic mass is 16.1. The van der Waals surface area contributed by atoms with Gasteiger partial charge in [0.2, 0.25) is 0 Å². The van der Waals surface area contributed by atoms with E-state index in [1.807, 2.05) is 12.1 Å². The Morgan fingerprint density at radius 2 is 1.95 bits per heavy atom. The van der Waals surface area contributed by atoms with Gasteiger partial charge < -0.3 is 0 Å². The van der Waals surface area contributed by atoms with Crippen LogP contribution in [-0.2, 0) is 0 Å². The van der Waals surface area contributed by atoms with Crippen molar-refractivity contribution < 1.29 is 4.79 Å². The van der Waals surface area contributed by atoms with E-state index in [2.05, 4.69) is 30.0 Å². The highest BCUT2D eigenvalue weighted by Crippen LogP contribution is 2.38. The van der Waals surface area contributed by atoms with Gasteiger partial charge in [-0.05, 0) is 56.8 Å². The number of carbonyl (C=O) groups excluding carboxylic acids is 1. The topological polar surface area (TPSA) is 20.3 Å². The van der Waals surface area contributed by atoms with Crippen molar-refractivity contribution in [1.82, 2.24) is 4.90 Å². The monoisotopic (exact) mass is 255 g/mol. The minimum atomic E-state index is 0.379. The summed E-state index contributed by atoms with van der Waals surface area (Å²) in [6.07, 6.45) is 8.20. The highest BCUT2D eigenvalue weighted by molar-refractivity contribution is 5.76. The van der Waals surface area contributed by atoms with Crippen LogP contribution in [0, 0.1) is 0 Å². The smallest absolute Gasteiger partial charge is 0.150 e. The van der Waals surface area contributed by atoms with E-state index in [4.69, 9.17) is 0 Å². The van der Waals surface area contributed by atoms with Crippen LogP contribution in [0.5, 0.6) is 0 Å². The summed E-state index contributed by atoms with van der Waals surface area (Å²) in [4.78, 5) is 13.3. The van der Waals surface area contributed by atoms with Gasteiger partial charge in [-0.1, -0.05) is 30.3 Å². The van der Waals surface area contributed by atoms with E-state index in [1.54, 1.807) is 0 Å². The Morgan fingerprint density at radius 1 is 1.21 bits per heavy atom. The average Bonchev–Trinajstić information content (AvgIpc) is 2.37. The van der Waals surface area contributed by atoms with Crippen molar-refractivity contribution in [3.05, 3.63) is 41.5 Å².